The first-order valence-electron chi connectivity index (χ1n) is 6.02. The van der Waals surface area contributed by atoms with Crippen molar-refractivity contribution in [1.82, 2.24) is 0 Å². The molecule has 0 atom stereocenters. The lowest BCUT2D eigenvalue weighted by molar-refractivity contribution is -0.141. The smallest absolute Gasteiger partial charge is 0.169 e. The van der Waals surface area contributed by atoms with Crippen LogP contribution in [0, 0.1) is 5.82 Å². The Morgan fingerprint density at radius 2 is 2.00 bits per heavy atom. The summed E-state index contributed by atoms with van der Waals surface area (Å²) >= 11 is 5.92. The van der Waals surface area contributed by atoms with E-state index >= 15 is 0 Å². The fraction of sp³-hybridized carbons (Fsp3) is 0.500. The number of methoxy groups -OCH3 is 1. The van der Waals surface area contributed by atoms with Gasteiger partial charge in [-0.05, 0) is 25.0 Å². The van der Waals surface area contributed by atoms with Crippen molar-refractivity contribution < 1.29 is 13.9 Å². The first kappa shape index (κ1) is 15.1. The molecule has 0 N–H and O–H groups in total. The maximum absolute atomic E-state index is 13.6. The molecule has 100 valence electrons. The molecule has 0 aliphatic carbocycles. The monoisotopic (exact) mass is 272 g/mol. The zero-order valence-corrected chi connectivity index (χ0v) is 11.7. The van der Waals surface area contributed by atoms with Crippen LogP contribution in [0.5, 0.6) is 0 Å². The highest BCUT2D eigenvalue weighted by Crippen LogP contribution is 2.26. The molecule has 0 heterocycles. The largest absolute Gasteiger partial charge is 0.370 e. The van der Waals surface area contributed by atoms with Crippen molar-refractivity contribution >= 4 is 17.4 Å². The number of carbonyl (C=O) groups is 1. The van der Waals surface area contributed by atoms with E-state index in [9.17, 15) is 9.18 Å². The molecule has 0 radical (unpaired) electrons. The summed E-state index contributed by atoms with van der Waals surface area (Å²) in [6.45, 7) is 3.77. The van der Waals surface area contributed by atoms with Gasteiger partial charge in [0.05, 0.1) is 0 Å². The second-order valence-electron chi connectivity index (χ2n) is 4.21. The molecule has 0 bridgehead atoms. The van der Waals surface area contributed by atoms with Crippen LogP contribution >= 0.6 is 11.6 Å². The van der Waals surface area contributed by atoms with Crippen molar-refractivity contribution in [3.63, 3.8) is 0 Å². The minimum Gasteiger partial charge on any atom is -0.370 e. The zero-order chi connectivity index (χ0) is 13.8. The number of carbonyl (C=O) groups excluding carboxylic acids is 1. The van der Waals surface area contributed by atoms with Crippen molar-refractivity contribution in [2.75, 3.05) is 7.11 Å². The second-order valence-corrected chi connectivity index (χ2v) is 4.61. The molecule has 1 aromatic carbocycles. The third kappa shape index (κ3) is 2.90. The SMILES string of the molecule is CCC(CC)(OC)C(=O)Cc1c(F)cccc1Cl. The van der Waals surface area contributed by atoms with Crippen LogP contribution in [0.25, 0.3) is 0 Å². The van der Waals surface area contributed by atoms with Gasteiger partial charge in [-0.15, -0.1) is 0 Å². The van der Waals surface area contributed by atoms with E-state index in [2.05, 4.69) is 0 Å². The van der Waals surface area contributed by atoms with Crippen molar-refractivity contribution in [3.05, 3.63) is 34.6 Å². The van der Waals surface area contributed by atoms with Gasteiger partial charge in [0.25, 0.3) is 0 Å². The average molecular weight is 273 g/mol. The molecule has 0 unspecified atom stereocenters. The summed E-state index contributed by atoms with van der Waals surface area (Å²) in [6, 6.07) is 4.41. The third-order valence-electron chi connectivity index (χ3n) is 3.44. The Bertz CT molecular complexity index is 399. The molecule has 0 aliphatic rings. The number of halogens is 2. The standard InChI is InChI=1S/C14H18ClFO2/c1-4-14(5-2,18-3)13(17)9-10-11(15)7-6-8-12(10)16/h6-8H,4-5,9H2,1-3H3. The molecule has 1 rings (SSSR count). The molecule has 0 spiro atoms. The normalized spacial score (nSPS) is 11.6. The van der Waals surface area contributed by atoms with Gasteiger partial charge >= 0.3 is 0 Å². The number of rotatable bonds is 6. The summed E-state index contributed by atoms with van der Waals surface area (Å²) in [7, 11) is 1.51. The lowest BCUT2D eigenvalue weighted by Crippen LogP contribution is -2.40. The van der Waals surface area contributed by atoms with Crippen molar-refractivity contribution in [2.45, 2.75) is 38.7 Å². The maximum atomic E-state index is 13.6. The molecular weight excluding hydrogens is 255 g/mol. The lowest BCUT2D eigenvalue weighted by Gasteiger charge is -2.28. The molecule has 2 nitrogen and oxygen atoms in total. The van der Waals surface area contributed by atoms with Crippen LogP contribution in [0.15, 0.2) is 18.2 Å². The van der Waals surface area contributed by atoms with Crippen molar-refractivity contribution in [1.29, 1.82) is 0 Å². The van der Waals surface area contributed by atoms with E-state index in [0.717, 1.165) is 0 Å². The fourth-order valence-corrected chi connectivity index (χ4v) is 2.30. The van der Waals surface area contributed by atoms with E-state index in [1.807, 2.05) is 13.8 Å². The Hall–Kier alpha value is -0.930. The molecule has 0 aliphatic heterocycles. The predicted octanol–water partition coefficient (Wildman–Crippen LogP) is 3.80. The Balaban J connectivity index is 3.00. The minimum absolute atomic E-state index is 0.0406. The van der Waals surface area contributed by atoms with E-state index in [0.29, 0.717) is 12.8 Å². The number of hydrogen-bond acceptors (Lipinski definition) is 2. The van der Waals surface area contributed by atoms with E-state index < -0.39 is 11.4 Å². The second kappa shape index (κ2) is 6.30. The summed E-state index contributed by atoms with van der Waals surface area (Å²) in [5.74, 6) is -0.588. The number of Topliss-reactive ketones (excluding diaryl/α,β-unsaturated/α-hetero) is 1. The van der Waals surface area contributed by atoms with E-state index in [-0.39, 0.29) is 22.8 Å². The molecule has 18 heavy (non-hydrogen) atoms. The Morgan fingerprint density at radius 3 is 2.44 bits per heavy atom. The van der Waals surface area contributed by atoms with Crippen LogP contribution in [0.3, 0.4) is 0 Å². The number of ether oxygens (including phenoxy) is 1. The van der Waals surface area contributed by atoms with Gasteiger partial charge < -0.3 is 4.74 Å². The highest BCUT2D eigenvalue weighted by molar-refractivity contribution is 6.31. The van der Waals surface area contributed by atoms with Gasteiger partial charge in [-0.25, -0.2) is 4.39 Å². The molecule has 1 aromatic rings. The number of hydrogen-bond donors (Lipinski definition) is 0. The van der Waals surface area contributed by atoms with Crippen LogP contribution in [0.4, 0.5) is 4.39 Å². The fourth-order valence-electron chi connectivity index (χ4n) is 2.07. The van der Waals surface area contributed by atoms with Gasteiger partial charge in [0.1, 0.15) is 11.4 Å². The van der Waals surface area contributed by atoms with Crippen LogP contribution in [0.2, 0.25) is 5.02 Å². The molecule has 0 saturated carbocycles. The summed E-state index contributed by atoms with van der Waals surface area (Å²) in [4.78, 5) is 12.3. The number of benzene rings is 1. The molecule has 0 aromatic heterocycles. The van der Waals surface area contributed by atoms with Gasteiger partial charge in [0.15, 0.2) is 5.78 Å². The molecule has 0 amide bonds. The van der Waals surface area contributed by atoms with Crippen LogP contribution in [0.1, 0.15) is 32.3 Å². The molecule has 0 fully saturated rings. The van der Waals surface area contributed by atoms with Gasteiger partial charge in [-0.3, -0.25) is 4.79 Å². The van der Waals surface area contributed by atoms with Crippen LogP contribution in [-0.2, 0) is 16.0 Å². The first-order valence-corrected chi connectivity index (χ1v) is 6.39. The predicted molar refractivity (Wildman–Crippen MR) is 70.4 cm³/mol. The van der Waals surface area contributed by atoms with Crippen molar-refractivity contribution in [2.24, 2.45) is 0 Å². The summed E-state index contributed by atoms with van der Waals surface area (Å²) in [5.41, 5.74) is -0.599. The quantitative estimate of drug-likeness (QED) is 0.787. The zero-order valence-electron chi connectivity index (χ0n) is 10.9. The van der Waals surface area contributed by atoms with Crippen LogP contribution < -0.4 is 0 Å². The average Bonchev–Trinajstić information content (AvgIpc) is 2.37. The minimum atomic E-state index is -0.842. The summed E-state index contributed by atoms with van der Waals surface area (Å²) in [6.07, 6.45) is 1.08. The van der Waals surface area contributed by atoms with Gasteiger partial charge in [0, 0.05) is 24.1 Å². The Morgan fingerprint density at radius 1 is 1.39 bits per heavy atom. The Labute approximate surface area is 112 Å². The van der Waals surface area contributed by atoms with E-state index in [1.165, 1.54) is 19.2 Å². The molecular formula is C14H18ClFO2. The first-order chi connectivity index (χ1) is 8.50. The van der Waals surface area contributed by atoms with E-state index in [4.69, 9.17) is 16.3 Å². The molecule has 4 heteroatoms. The Kier molecular flexibility index (Phi) is 5.29. The van der Waals surface area contributed by atoms with E-state index in [1.54, 1.807) is 6.07 Å². The summed E-state index contributed by atoms with van der Waals surface area (Å²) in [5, 5.41) is 0.278. The summed E-state index contributed by atoms with van der Waals surface area (Å²) < 4.78 is 19.0. The third-order valence-corrected chi connectivity index (χ3v) is 3.79. The van der Waals surface area contributed by atoms with Gasteiger partial charge in [-0.2, -0.15) is 0 Å². The molecule has 0 saturated heterocycles. The number of ketones is 1. The highest BCUT2D eigenvalue weighted by Gasteiger charge is 2.34. The van der Waals surface area contributed by atoms with Gasteiger partial charge in [-0.1, -0.05) is 31.5 Å². The highest BCUT2D eigenvalue weighted by atomic mass is 35.5. The van der Waals surface area contributed by atoms with Gasteiger partial charge in [0.2, 0.25) is 0 Å². The topological polar surface area (TPSA) is 26.3 Å². The van der Waals surface area contributed by atoms with Crippen molar-refractivity contribution in [3.8, 4) is 0 Å². The lowest BCUT2D eigenvalue weighted by atomic mass is 9.88. The maximum Gasteiger partial charge on any atom is 0.169 e. The van der Waals surface area contributed by atoms with Crippen LogP contribution in [-0.4, -0.2) is 18.5 Å².